The first-order chi connectivity index (χ1) is 4.41. The molecule has 0 amide bonds. The van der Waals surface area contributed by atoms with E-state index in [1.54, 1.807) is 6.08 Å². The summed E-state index contributed by atoms with van der Waals surface area (Å²) in [4.78, 5) is 21.6. The van der Waals surface area contributed by atoms with Crippen LogP contribution in [-0.2, 0) is 4.57 Å². The Morgan fingerprint density at radius 3 is 1.30 bits per heavy atom. The summed E-state index contributed by atoms with van der Waals surface area (Å²) in [5, 5.41) is 0. The van der Waals surface area contributed by atoms with Gasteiger partial charge in [-0.2, -0.15) is 0 Å². The van der Waals surface area contributed by atoms with Gasteiger partial charge in [-0.25, -0.2) is 4.57 Å². The summed E-state index contributed by atoms with van der Waals surface area (Å²) in [5.41, 5.74) is 0. The second-order valence-corrected chi connectivity index (χ2v) is 1.95. The zero-order chi connectivity index (χ0) is 9.21. The maximum Gasteiger partial charge on any atom is 0.466 e. The van der Waals surface area contributed by atoms with Crippen molar-refractivity contribution in [2.45, 2.75) is 6.92 Å². The molecule has 0 fully saturated rings. The van der Waals surface area contributed by atoms with Crippen LogP contribution in [0.25, 0.3) is 0 Å². The molecular formula is C5H13O4P. The molecule has 0 saturated heterocycles. The predicted molar refractivity (Wildman–Crippen MR) is 41.4 cm³/mol. The van der Waals surface area contributed by atoms with E-state index in [0.717, 1.165) is 0 Å². The van der Waals surface area contributed by atoms with E-state index in [2.05, 4.69) is 19.7 Å². The molecular weight excluding hydrogens is 155 g/mol. The summed E-state index contributed by atoms with van der Waals surface area (Å²) in [6.07, 6.45) is 1.75. The van der Waals surface area contributed by atoms with Gasteiger partial charge in [-0.3, -0.25) is 0 Å². The first-order valence-electron chi connectivity index (χ1n) is 2.27. The molecule has 3 N–H and O–H groups in total. The molecule has 0 saturated carbocycles. The topological polar surface area (TPSA) is 77.8 Å². The van der Waals surface area contributed by atoms with Gasteiger partial charge in [0.05, 0.1) is 0 Å². The molecule has 0 rings (SSSR count). The van der Waals surface area contributed by atoms with Gasteiger partial charge in [0.25, 0.3) is 0 Å². The molecule has 4 nitrogen and oxygen atoms in total. The van der Waals surface area contributed by atoms with Crippen LogP contribution in [0, 0.1) is 0 Å². The largest absolute Gasteiger partial charge is 0.466 e. The Bertz CT molecular complexity index is 98.0. The fourth-order valence-electron chi connectivity index (χ4n) is 0. The fourth-order valence-corrected chi connectivity index (χ4v) is 0. The second-order valence-electron chi connectivity index (χ2n) is 0.922. The van der Waals surface area contributed by atoms with E-state index in [-0.39, 0.29) is 0 Å². The van der Waals surface area contributed by atoms with Gasteiger partial charge in [0.15, 0.2) is 0 Å². The summed E-state index contributed by atoms with van der Waals surface area (Å²) >= 11 is 0. The molecule has 10 heavy (non-hydrogen) atoms. The number of phosphoric acid groups is 1. The molecule has 62 valence electrons. The lowest BCUT2D eigenvalue weighted by Crippen LogP contribution is -1.66. The maximum absolute atomic E-state index is 8.88. The van der Waals surface area contributed by atoms with E-state index in [1.165, 1.54) is 0 Å². The molecule has 0 aliphatic heterocycles. The molecule has 0 spiro atoms. The predicted octanol–water partition coefficient (Wildman–Crippen LogP) is 1.07. The molecule has 0 aliphatic rings. The van der Waals surface area contributed by atoms with Crippen LogP contribution in [0.2, 0.25) is 0 Å². The van der Waals surface area contributed by atoms with Gasteiger partial charge in [0.1, 0.15) is 0 Å². The lowest BCUT2D eigenvalue weighted by molar-refractivity contribution is 0.275. The average Bonchev–Trinajstić information content (AvgIpc) is 1.68. The Balaban J connectivity index is -0.0000000847. The van der Waals surface area contributed by atoms with Crippen molar-refractivity contribution in [3.8, 4) is 0 Å². The Morgan fingerprint density at radius 1 is 1.30 bits per heavy atom. The van der Waals surface area contributed by atoms with Crippen LogP contribution in [0.15, 0.2) is 25.8 Å². The summed E-state index contributed by atoms with van der Waals surface area (Å²) in [6, 6.07) is 0. The monoisotopic (exact) mass is 168 g/mol. The van der Waals surface area contributed by atoms with Gasteiger partial charge in [0, 0.05) is 0 Å². The van der Waals surface area contributed by atoms with Crippen molar-refractivity contribution in [1.82, 2.24) is 0 Å². The normalized spacial score (nSPS) is 7.60. The minimum absolute atomic E-state index is 1.75. The highest BCUT2D eigenvalue weighted by Gasteiger charge is 2.00. The van der Waals surface area contributed by atoms with Crippen molar-refractivity contribution in [1.29, 1.82) is 0 Å². The Hall–Kier alpha value is -0.410. The molecule has 0 aromatic rings. The number of rotatable bonds is 0. The highest BCUT2D eigenvalue weighted by atomic mass is 31.2. The Morgan fingerprint density at radius 2 is 1.30 bits per heavy atom. The van der Waals surface area contributed by atoms with Crippen LogP contribution in [0.3, 0.4) is 0 Å². The van der Waals surface area contributed by atoms with E-state index < -0.39 is 7.82 Å². The van der Waals surface area contributed by atoms with Crippen LogP contribution in [-0.4, -0.2) is 14.7 Å². The van der Waals surface area contributed by atoms with Crippen LogP contribution in [0.5, 0.6) is 0 Å². The van der Waals surface area contributed by atoms with E-state index in [0.29, 0.717) is 0 Å². The molecule has 0 unspecified atom stereocenters. The molecule has 5 heteroatoms. The molecule has 0 aromatic carbocycles. The minimum Gasteiger partial charge on any atom is -0.303 e. The third kappa shape index (κ3) is 1960. The van der Waals surface area contributed by atoms with Crippen LogP contribution in [0.4, 0.5) is 0 Å². The first-order valence-corrected chi connectivity index (χ1v) is 3.83. The van der Waals surface area contributed by atoms with Gasteiger partial charge >= 0.3 is 7.82 Å². The Labute approximate surface area is 60.8 Å². The minimum atomic E-state index is -4.64. The average molecular weight is 168 g/mol. The zero-order valence-corrected chi connectivity index (χ0v) is 6.79. The van der Waals surface area contributed by atoms with Crippen molar-refractivity contribution >= 4 is 7.82 Å². The summed E-state index contributed by atoms with van der Waals surface area (Å²) in [6.45, 7) is 11.2. The molecule has 0 aliphatic carbocycles. The summed E-state index contributed by atoms with van der Waals surface area (Å²) in [7, 11) is -4.64. The molecule has 0 heterocycles. The number of hydrogen-bond donors (Lipinski definition) is 3. The van der Waals surface area contributed by atoms with E-state index in [1.807, 2.05) is 6.92 Å². The van der Waals surface area contributed by atoms with E-state index in [9.17, 15) is 0 Å². The molecule has 0 bridgehead atoms. The number of allylic oxidation sites excluding steroid dienone is 1. The van der Waals surface area contributed by atoms with Gasteiger partial charge in [0.2, 0.25) is 0 Å². The van der Waals surface area contributed by atoms with Gasteiger partial charge in [-0.05, 0) is 6.92 Å². The van der Waals surface area contributed by atoms with E-state index >= 15 is 0 Å². The van der Waals surface area contributed by atoms with Gasteiger partial charge in [-0.1, -0.05) is 6.08 Å². The third-order valence-corrected chi connectivity index (χ3v) is 0. The summed E-state index contributed by atoms with van der Waals surface area (Å²) < 4.78 is 8.88. The maximum atomic E-state index is 8.88. The van der Waals surface area contributed by atoms with Gasteiger partial charge < -0.3 is 14.7 Å². The zero-order valence-electron chi connectivity index (χ0n) is 5.90. The van der Waals surface area contributed by atoms with Crippen molar-refractivity contribution in [2.75, 3.05) is 0 Å². The van der Waals surface area contributed by atoms with Crippen molar-refractivity contribution in [3.63, 3.8) is 0 Å². The SMILES string of the molecule is C=C.C=CC.O=P(O)(O)O. The lowest BCUT2D eigenvalue weighted by Gasteiger charge is -1.82. The quantitative estimate of drug-likeness (QED) is 0.373. The highest BCUT2D eigenvalue weighted by Crippen LogP contribution is 2.25. The first kappa shape index (κ1) is 16.3. The molecule has 0 atom stereocenters. The van der Waals surface area contributed by atoms with Crippen molar-refractivity contribution in [2.24, 2.45) is 0 Å². The fraction of sp³-hybridized carbons (Fsp3) is 0.200. The number of hydrogen-bond acceptors (Lipinski definition) is 1. The smallest absolute Gasteiger partial charge is 0.303 e. The summed E-state index contributed by atoms with van der Waals surface area (Å²) in [5.74, 6) is 0. The molecule has 0 radical (unpaired) electrons. The van der Waals surface area contributed by atoms with Crippen LogP contribution in [0.1, 0.15) is 6.92 Å². The third-order valence-electron chi connectivity index (χ3n) is 0. The van der Waals surface area contributed by atoms with Crippen LogP contribution >= 0.6 is 7.82 Å². The van der Waals surface area contributed by atoms with Crippen molar-refractivity contribution < 1.29 is 19.2 Å². The standard InChI is InChI=1S/C3H6.C2H4.H3O4P/c1-3-2;1-2;1-5(2,3)4/h3H,1H2,2H3;1-2H2;(H3,1,2,3,4). The lowest BCUT2D eigenvalue weighted by atomic mass is 10.8. The van der Waals surface area contributed by atoms with Crippen LogP contribution < -0.4 is 0 Å². The van der Waals surface area contributed by atoms with E-state index in [4.69, 9.17) is 19.2 Å². The van der Waals surface area contributed by atoms with Gasteiger partial charge in [-0.15, -0.1) is 19.7 Å². The molecule has 0 aromatic heterocycles. The highest BCUT2D eigenvalue weighted by molar-refractivity contribution is 7.45. The Kier molecular flexibility index (Phi) is 18.6. The second kappa shape index (κ2) is 11.4. The van der Waals surface area contributed by atoms with Crippen molar-refractivity contribution in [3.05, 3.63) is 25.8 Å².